The molecule has 0 saturated heterocycles. The lowest BCUT2D eigenvalue weighted by Crippen LogP contribution is -2.60. The Labute approximate surface area is 247 Å². The number of esters is 1. The minimum Gasteiger partial charge on any atom is -0.465 e. The van der Waals surface area contributed by atoms with E-state index in [1.54, 1.807) is 72.7 Å². The van der Waals surface area contributed by atoms with Crippen LogP contribution in [0.25, 0.3) is 0 Å². The summed E-state index contributed by atoms with van der Waals surface area (Å²) in [5, 5.41) is 3.79. The first-order chi connectivity index (χ1) is 19.9. The highest BCUT2D eigenvalue weighted by molar-refractivity contribution is 6.35. The molecule has 0 saturated carbocycles. The number of benzene rings is 2. The van der Waals surface area contributed by atoms with Crippen molar-refractivity contribution in [2.75, 3.05) is 13.2 Å². The lowest BCUT2D eigenvalue weighted by Gasteiger charge is -2.49. The molecule has 1 N–H and O–H groups in total. The van der Waals surface area contributed by atoms with Crippen LogP contribution in [0.1, 0.15) is 52.5 Å². The van der Waals surface area contributed by atoms with Crippen molar-refractivity contribution in [3.8, 4) is 0 Å². The Morgan fingerprint density at radius 1 is 1.05 bits per heavy atom. The normalized spacial score (nSPS) is 20.4. The summed E-state index contributed by atoms with van der Waals surface area (Å²) in [7, 11) is 0. The van der Waals surface area contributed by atoms with E-state index in [0.717, 1.165) is 0 Å². The van der Waals surface area contributed by atoms with Crippen LogP contribution in [0.15, 0.2) is 79.0 Å². The van der Waals surface area contributed by atoms with Gasteiger partial charge in [-0.05, 0) is 54.8 Å². The summed E-state index contributed by atoms with van der Waals surface area (Å²) in [5.74, 6) is -2.30. The Morgan fingerprint density at radius 3 is 2.61 bits per heavy atom. The van der Waals surface area contributed by atoms with E-state index in [4.69, 9.17) is 32.8 Å². The van der Waals surface area contributed by atoms with Gasteiger partial charge in [0.2, 0.25) is 0 Å². The summed E-state index contributed by atoms with van der Waals surface area (Å²) in [6.45, 7) is 2.20. The smallest absolute Gasteiger partial charge is 0.325 e. The molecule has 11 heteroatoms. The van der Waals surface area contributed by atoms with Gasteiger partial charge in [-0.25, -0.2) is 5.48 Å². The topological polar surface area (TPSA) is 101 Å². The van der Waals surface area contributed by atoms with Crippen molar-refractivity contribution >= 4 is 41.0 Å². The zero-order valence-corrected chi connectivity index (χ0v) is 23.7. The molecule has 0 bridgehead atoms. The minimum atomic E-state index is -0.958. The first-order valence-electron chi connectivity index (χ1n) is 13.2. The maximum Gasteiger partial charge on any atom is 0.325 e. The van der Waals surface area contributed by atoms with E-state index in [-0.39, 0.29) is 30.7 Å². The van der Waals surface area contributed by atoms with Gasteiger partial charge in [0, 0.05) is 28.4 Å². The molecule has 2 aliphatic heterocycles. The van der Waals surface area contributed by atoms with Crippen LogP contribution in [0.4, 0.5) is 0 Å². The van der Waals surface area contributed by atoms with Gasteiger partial charge in [0.25, 0.3) is 11.8 Å². The summed E-state index contributed by atoms with van der Waals surface area (Å²) in [6, 6.07) is 15.5. The molecule has 0 radical (unpaired) electrons. The van der Waals surface area contributed by atoms with Gasteiger partial charge < -0.3 is 4.74 Å². The fourth-order valence-electron chi connectivity index (χ4n) is 5.22. The molecule has 212 valence electrons. The van der Waals surface area contributed by atoms with Crippen molar-refractivity contribution < 1.29 is 24.0 Å². The molecule has 2 aromatic carbocycles. The molecule has 3 unspecified atom stereocenters. The quantitative estimate of drug-likeness (QED) is 0.222. The molecule has 9 nitrogen and oxygen atoms in total. The SMILES string of the molecule is CCOC(=O)C1CC=CCN1N1C(=O)c2ccccc2C(C(=O)NOCc2ccccn2)C1c1ccc(Cl)cc1Cl. The number of hydrogen-bond acceptors (Lipinski definition) is 7. The van der Waals surface area contributed by atoms with Crippen LogP contribution in [0.5, 0.6) is 0 Å². The molecular formula is C30H28Cl2N4O5. The van der Waals surface area contributed by atoms with Crippen LogP contribution in [0, 0.1) is 0 Å². The van der Waals surface area contributed by atoms with E-state index in [9.17, 15) is 14.4 Å². The fourth-order valence-corrected chi connectivity index (χ4v) is 5.74. The van der Waals surface area contributed by atoms with Crippen LogP contribution >= 0.6 is 23.2 Å². The van der Waals surface area contributed by atoms with E-state index in [0.29, 0.717) is 33.8 Å². The summed E-state index contributed by atoms with van der Waals surface area (Å²) < 4.78 is 5.36. The van der Waals surface area contributed by atoms with Crippen molar-refractivity contribution in [1.82, 2.24) is 20.5 Å². The summed E-state index contributed by atoms with van der Waals surface area (Å²) in [6.07, 6.45) is 5.71. The highest BCUT2D eigenvalue weighted by atomic mass is 35.5. The lowest BCUT2D eigenvalue weighted by molar-refractivity contribution is -0.160. The predicted molar refractivity (Wildman–Crippen MR) is 153 cm³/mol. The van der Waals surface area contributed by atoms with Gasteiger partial charge in [0.05, 0.1) is 24.3 Å². The molecule has 2 aliphatic rings. The second kappa shape index (κ2) is 12.8. The first kappa shape index (κ1) is 28.8. The number of hydrogen-bond donors (Lipinski definition) is 1. The second-order valence-corrected chi connectivity index (χ2v) is 10.3. The molecule has 3 aromatic rings. The average Bonchev–Trinajstić information content (AvgIpc) is 2.98. The van der Waals surface area contributed by atoms with E-state index >= 15 is 0 Å². The van der Waals surface area contributed by atoms with Crippen molar-refractivity contribution in [3.63, 3.8) is 0 Å². The Bertz CT molecular complexity index is 1470. The van der Waals surface area contributed by atoms with E-state index in [1.807, 2.05) is 18.2 Å². The first-order valence-corrected chi connectivity index (χ1v) is 13.9. The Kier molecular flexibility index (Phi) is 8.99. The molecule has 5 rings (SSSR count). The number of aromatic nitrogens is 1. The van der Waals surface area contributed by atoms with Gasteiger partial charge in [-0.2, -0.15) is 5.01 Å². The number of hydrazine groups is 1. The zero-order chi connectivity index (χ0) is 28.9. The molecule has 0 aliphatic carbocycles. The molecule has 3 heterocycles. The van der Waals surface area contributed by atoms with Crippen molar-refractivity contribution in [2.45, 2.75) is 38.0 Å². The Balaban J connectivity index is 1.60. The third kappa shape index (κ3) is 5.99. The fraction of sp³-hybridized carbons (Fsp3) is 0.267. The summed E-state index contributed by atoms with van der Waals surface area (Å²) >= 11 is 13.0. The van der Waals surface area contributed by atoms with Gasteiger partial charge in [-0.3, -0.25) is 29.2 Å². The molecule has 3 atom stereocenters. The molecular weight excluding hydrogens is 567 g/mol. The number of hydroxylamine groups is 1. The van der Waals surface area contributed by atoms with E-state index in [1.165, 1.54) is 5.01 Å². The molecule has 0 fully saturated rings. The van der Waals surface area contributed by atoms with Gasteiger partial charge in [0.15, 0.2) is 0 Å². The van der Waals surface area contributed by atoms with Crippen LogP contribution in [0.3, 0.4) is 0 Å². The number of nitrogens with one attached hydrogen (secondary N) is 1. The van der Waals surface area contributed by atoms with E-state index in [2.05, 4.69) is 10.5 Å². The highest BCUT2D eigenvalue weighted by Crippen LogP contribution is 2.46. The molecule has 0 spiro atoms. The number of carbonyl (C=O) groups is 3. The maximum absolute atomic E-state index is 14.2. The van der Waals surface area contributed by atoms with Gasteiger partial charge >= 0.3 is 5.97 Å². The van der Waals surface area contributed by atoms with Crippen molar-refractivity contribution in [2.24, 2.45) is 0 Å². The van der Waals surface area contributed by atoms with Gasteiger partial charge in [-0.1, -0.05) is 65.7 Å². The summed E-state index contributed by atoms with van der Waals surface area (Å²) in [4.78, 5) is 51.1. The van der Waals surface area contributed by atoms with Crippen LogP contribution in [0.2, 0.25) is 10.0 Å². The third-order valence-electron chi connectivity index (χ3n) is 7.01. The second-order valence-electron chi connectivity index (χ2n) is 9.50. The predicted octanol–water partition coefficient (Wildman–Crippen LogP) is 5.03. The average molecular weight is 595 g/mol. The maximum atomic E-state index is 14.2. The number of ether oxygens (including phenoxy) is 1. The van der Waals surface area contributed by atoms with E-state index < -0.39 is 29.9 Å². The van der Waals surface area contributed by atoms with Crippen molar-refractivity contribution in [3.05, 3.63) is 111 Å². The molecule has 1 aromatic heterocycles. The summed E-state index contributed by atoms with van der Waals surface area (Å²) in [5.41, 5.74) is 4.50. The Hall–Kier alpha value is -3.76. The largest absolute Gasteiger partial charge is 0.465 e. The van der Waals surface area contributed by atoms with Gasteiger partial charge in [0.1, 0.15) is 12.6 Å². The highest BCUT2D eigenvalue weighted by Gasteiger charge is 2.49. The molecule has 2 amide bonds. The van der Waals surface area contributed by atoms with Crippen LogP contribution < -0.4 is 5.48 Å². The van der Waals surface area contributed by atoms with Gasteiger partial charge in [-0.15, -0.1) is 0 Å². The molecule has 41 heavy (non-hydrogen) atoms. The number of rotatable bonds is 8. The minimum absolute atomic E-state index is 0.0395. The standard InChI is InChI=1S/C30H28Cl2N4O5/c1-2-40-30(39)25-12-6-8-16-35(25)36-27(23-14-13-19(31)17-24(23)32)26(21-10-3-4-11-22(21)29(36)38)28(37)34-41-18-20-9-5-7-15-33-20/h3-11,13-15,17,25-27H,2,12,16,18H2,1H3,(H,34,37). The number of nitrogens with zero attached hydrogens (tertiary/aromatic N) is 3. The Morgan fingerprint density at radius 2 is 1.85 bits per heavy atom. The van der Waals surface area contributed by atoms with Crippen LogP contribution in [-0.2, 0) is 25.8 Å². The zero-order valence-electron chi connectivity index (χ0n) is 22.2. The monoisotopic (exact) mass is 594 g/mol. The number of fused-ring (bicyclic) bond motifs is 1. The number of pyridine rings is 1. The van der Waals surface area contributed by atoms with Crippen molar-refractivity contribution in [1.29, 1.82) is 0 Å². The lowest BCUT2D eigenvalue weighted by atomic mass is 9.80. The third-order valence-corrected chi connectivity index (χ3v) is 7.57. The number of halogens is 2. The van der Waals surface area contributed by atoms with Crippen LogP contribution in [-0.4, -0.2) is 52.0 Å². The number of carbonyl (C=O) groups excluding carboxylic acids is 3. The number of amides is 2.